The molecular weight excluding hydrogens is 226 g/mol. The molecule has 3 aromatic rings. The van der Waals surface area contributed by atoms with Crippen LogP contribution in [0.15, 0.2) is 42.9 Å². The van der Waals surface area contributed by atoms with Crippen molar-refractivity contribution in [2.45, 2.75) is 12.8 Å². The molecule has 0 saturated heterocycles. The Labute approximate surface area is 104 Å². The highest BCUT2D eigenvalue weighted by molar-refractivity contribution is 5.47. The van der Waals surface area contributed by atoms with Gasteiger partial charge in [-0.1, -0.05) is 0 Å². The minimum atomic E-state index is 0.715. The Bertz CT molecular complexity index is 659. The van der Waals surface area contributed by atoms with E-state index in [1.807, 2.05) is 34.9 Å². The van der Waals surface area contributed by atoms with Gasteiger partial charge in [-0.15, -0.1) is 10.2 Å². The van der Waals surface area contributed by atoms with Crippen LogP contribution in [0.25, 0.3) is 5.65 Å². The summed E-state index contributed by atoms with van der Waals surface area (Å²) >= 11 is 0. The molecule has 90 valence electrons. The molecule has 0 aliphatic rings. The van der Waals surface area contributed by atoms with E-state index in [1.165, 1.54) is 5.56 Å². The van der Waals surface area contributed by atoms with E-state index in [0.29, 0.717) is 5.69 Å². The molecule has 5 heteroatoms. The molecule has 0 spiro atoms. The molecule has 5 nitrogen and oxygen atoms in total. The minimum absolute atomic E-state index is 0.715. The largest absolute Gasteiger partial charge is 0.398 e. The first kappa shape index (κ1) is 10.7. The van der Waals surface area contributed by atoms with E-state index in [-0.39, 0.29) is 0 Å². The second-order valence-electron chi connectivity index (χ2n) is 4.16. The van der Waals surface area contributed by atoms with Crippen LogP contribution in [-0.2, 0) is 12.8 Å². The van der Waals surface area contributed by atoms with Crippen molar-refractivity contribution in [1.82, 2.24) is 19.6 Å². The van der Waals surface area contributed by atoms with Crippen LogP contribution in [0.1, 0.15) is 11.4 Å². The lowest BCUT2D eigenvalue weighted by Crippen LogP contribution is -1.99. The maximum atomic E-state index is 5.77. The molecule has 3 aromatic heterocycles. The summed E-state index contributed by atoms with van der Waals surface area (Å²) < 4.78 is 1.94. The van der Waals surface area contributed by atoms with E-state index in [9.17, 15) is 0 Å². The van der Waals surface area contributed by atoms with E-state index in [1.54, 1.807) is 12.4 Å². The second-order valence-corrected chi connectivity index (χ2v) is 4.16. The van der Waals surface area contributed by atoms with Gasteiger partial charge in [-0.25, -0.2) is 0 Å². The van der Waals surface area contributed by atoms with Crippen molar-refractivity contribution < 1.29 is 0 Å². The van der Waals surface area contributed by atoms with Gasteiger partial charge in [0.2, 0.25) is 0 Å². The number of nitrogens with zero attached hydrogens (tertiary/aromatic N) is 4. The number of nitrogens with two attached hydrogens (primary N) is 1. The van der Waals surface area contributed by atoms with Gasteiger partial charge in [-0.05, 0) is 36.2 Å². The molecule has 2 N–H and O–H groups in total. The number of aromatic nitrogens is 4. The SMILES string of the molecule is Nc1ccc2nnc(CCc3ccncc3)n2c1. The fourth-order valence-electron chi connectivity index (χ4n) is 1.93. The molecular formula is C13H13N5. The molecule has 0 aliphatic heterocycles. The molecule has 0 bridgehead atoms. The quantitative estimate of drug-likeness (QED) is 0.751. The summed E-state index contributed by atoms with van der Waals surface area (Å²) in [5.41, 5.74) is 8.56. The van der Waals surface area contributed by atoms with E-state index in [0.717, 1.165) is 24.3 Å². The first-order chi connectivity index (χ1) is 8.83. The van der Waals surface area contributed by atoms with Crippen LogP contribution in [0.3, 0.4) is 0 Å². The maximum Gasteiger partial charge on any atom is 0.160 e. The number of fused-ring (bicyclic) bond motifs is 1. The summed E-state index contributed by atoms with van der Waals surface area (Å²) in [4.78, 5) is 4.00. The van der Waals surface area contributed by atoms with Gasteiger partial charge in [0, 0.05) is 30.7 Å². The van der Waals surface area contributed by atoms with Crippen molar-refractivity contribution in [3.63, 3.8) is 0 Å². The molecule has 0 aliphatic carbocycles. The topological polar surface area (TPSA) is 69.1 Å². The summed E-state index contributed by atoms with van der Waals surface area (Å²) in [5, 5.41) is 8.31. The number of rotatable bonds is 3. The van der Waals surface area contributed by atoms with Crippen LogP contribution < -0.4 is 5.73 Å². The lowest BCUT2D eigenvalue weighted by Gasteiger charge is -2.01. The first-order valence-corrected chi connectivity index (χ1v) is 5.81. The highest BCUT2D eigenvalue weighted by Gasteiger charge is 2.05. The van der Waals surface area contributed by atoms with Crippen molar-refractivity contribution in [3.8, 4) is 0 Å². The first-order valence-electron chi connectivity index (χ1n) is 5.81. The highest BCUT2D eigenvalue weighted by atomic mass is 15.2. The van der Waals surface area contributed by atoms with E-state index >= 15 is 0 Å². The monoisotopic (exact) mass is 239 g/mol. The summed E-state index contributed by atoms with van der Waals surface area (Å²) in [6.45, 7) is 0. The Morgan fingerprint density at radius 3 is 2.67 bits per heavy atom. The summed E-state index contributed by atoms with van der Waals surface area (Å²) in [6.07, 6.45) is 7.20. The Hall–Kier alpha value is -2.43. The summed E-state index contributed by atoms with van der Waals surface area (Å²) in [7, 11) is 0. The van der Waals surface area contributed by atoms with Gasteiger partial charge < -0.3 is 5.73 Å². The maximum absolute atomic E-state index is 5.77. The van der Waals surface area contributed by atoms with Gasteiger partial charge >= 0.3 is 0 Å². The average molecular weight is 239 g/mol. The van der Waals surface area contributed by atoms with E-state index < -0.39 is 0 Å². The van der Waals surface area contributed by atoms with Crippen molar-refractivity contribution >= 4 is 11.3 Å². The zero-order chi connectivity index (χ0) is 12.4. The standard InChI is InChI=1S/C13H13N5/c14-11-2-4-13-17-16-12(18(13)9-11)3-1-10-5-7-15-8-6-10/h2,4-9H,1,3,14H2. The van der Waals surface area contributed by atoms with Crippen molar-refractivity contribution in [2.24, 2.45) is 0 Å². The van der Waals surface area contributed by atoms with E-state index in [2.05, 4.69) is 15.2 Å². The predicted octanol–water partition coefficient (Wildman–Crippen LogP) is 1.49. The van der Waals surface area contributed by atoms with Crippen LogP contribution in [-0.4, -0.2) is 19.6 Å². The molecule has 0 unspecified atom stereocenters. The summed E-state index contributed by atoms with van der Waals surface area (Å²) in [6, 6.07) is 7.73. The number of aryl methyl sites for hydroxylation is 2. The molecule has 3 heterocycles. The average Bonchev–Trinajstić information content (AvgIpc) is 2.80. The van der Waals surface area contributed by atoms with Gasteiger partial charge in [-0.3, -0.25) is 9.38 Å². The number of pyridine rings is 2. The Morgan fingerprint density at radius 1 is 1.00 bits per heavy atom. The third kappa shape index (κ3) is 2.02. The van der Waals surface area contributed by atoms with Gasteiger partial charge in [-0.2, -0.15) is 0 Å². The molecule has 0 aromatic carbocycles. The van der Waals surface area contributed by atoms with Crippen LogP contribution >= 0.6 is 0 Å². The molecule has 3 rings (SSSR count). The minimum Gasteiger partial charge on any atom is -0.398 e. The van der Waals surface area contributed by atoms with Gasteiger partial charge in [0.05, 0.1) is 0 Å². The van der Waals surface area contributed by atoms with Crippen LogP contribution in [0, 0.1) is 0 Å². The molecule has 0 saturated carbocycles. The molecule has 0 fully saturated rings. The summed E-state index contributed by atoms with van der Waals surface area (Å²) in [5.74, 6) is 0.925. The third-order valence-electron chi connectivity index (χ3n) is 2.88. The van der Waals surface area contributed by atoms with Crippen LogP contribution in [0.4, 0.5) is 5.69 Å². The number of anilines is 1. The lowest BCUT2D eigenvalue weighted by molar-refractivity contribution is 0.838. The zero-order valence-electron chi connectivity index (χ0n) is 9.82. The molecule has 0 amide bonds. The number of nitrogen functional groups attached to an aromatic ring is 1. The van der Waals surface area contributed by atoms with Gasteiger partial charge in [0.25, 0.3) is 0 Å². The van der Waals surface area contributed by atoms with Crippen molar-refractivity contribution in [2.75, 3.05) is 5.73 Å². The molecule has 0 radical (unpaired) electrons. The highest BCUT2D eigenvalue weighted by Crippen LogP contribution is 2.10. The smallest absolute Gasteiger partial charge is 0.160 e. The van der Waals surface area contributed by atoms with Crippen LogP contribution in [0.5, 0.6) is 0 Å². The Balaban J connectivity index is 1.85. The van der Waals surface area contributed by atoms with Crippen molar-refractivity contribution in [3.05, 3.63) is 54.2 Å². The molecule has 0 atom stereocenters. The fourth-order valence-corrected chi connectivity index (χ4v) is 1.93. The lowest BCUT2D eigenvalue weighted by atomic mass is 10.1. The van der Waals surface area contributed by atoms with Crippen molar-refractivity contribution in [1.29, 1.82) is 0 Å². The number of hydrogen-bond donors (Lipinski definition) is 1. The second kappa shape index (κ2) is 4.44. The van der Waals surface area contributed by atoms with E-state index in [4.69, 9.17) is 5.73 Å². The Morgan fingerprint density at radius 2 is 1.83 bits per heavy atom. The Kier molecular flexibility index (Phi) is 2.64. The van der Waals surface area contributed by atoms with Gasteiger partial charge in [0.15, 0.2) is 5.65 Å². The zero-order valence-corrected chi connectivity index (χ0v) is 9.82. The number of hydrogen-bond acceptors (Lipinski definition) is 4. The predicted molar refractivity (Wildman–Crippen MR) is 69.0 cm³/mol. The van der Waals surface area contributed by atoms with Crippen LogP contribution in [0.2, 0.25) is 0 Å². The van der Waals surface area contributed by atoms with Gasteiger partial charge in [0.1, 0.15) is 5.82 Å². The third-order valence-corrected chi connectivity index (χ3v) is 2.88. The fraction of sp³-hybridized carbons (Fsp3) is 0.154. The normalized spacial score (nSPS) is 10.9. The molecule has 18 heavy (non-hydrogen) atoms.